The Kier molecular flexibility index (Phi) is 7.12. The highest BCUT2D eigenvalue weighted by Crippen LogP contribution is 2.28. The highest BCUT2D eigenvalue weighted by molar-refractivity contribution is 5.44. The molecule has 0 radical (unpaired) electrons. The normalized spacial score (nSPS) is 21.3. The lowest BCUT2D eigenvalue weighted by Crippen LogP contribution is -2.32. The van der Waals surface area contributed by atoms with Crippen LogP contribution in [0.1, 0.15) is 18.4 Å². The molecule has 0 aromatic heterocycles. The van der Waals surface area contributed by atoms with Crippen LogP contribution in [0.4, 0.5) is 0 Å². The summed E-state index contributed by atoms with van der Waals surface area (Å²) >= 11 is 0. The van der Waals surface area contributed by atoms with Crippen LogP contribution in [0.5, 0.6) is 11.5 Å². The first kappa shape index (κ1) is 19.9. The summed E-state index contributed by atoms with van der Waals surface area (Å²) in [5.41, 5.74) is 1.36. The van der Waals surface area contributed by atoms with Gasteiger partial charge >= 0.3 is 0 Å². The van der Waals surface area contributed by atoms with Gasteiger partial charge < -0.3 is 30.2 Å². The number of hydrogen-bond acceptors (Lipinski definition) is 6. The quantitative estimate of drug-likeness (QED) is 0.559. The van der Waals surface area contributed by atoms with Crippen molar-refractivity contribution in [2.24, 2.45) is 0 Å². The molecule has 1 aliphatic carbocycles. The number of rotatable bonds is 7. The van der Waals surface area contributed by atoms with Crippen molar-refractivity contribution in [3.05, 3.63) is 59.1 Å². The fourth-order valence-corrected chi connectivity index (χ4v) is 2.80. The molecule has 0 atom stereocenters. The van der Waals surface area contributed by atoms with Gasteiger partial charge in [-0.05, 0) is 26.6 Å². The van der Waals surface area contributed by atoms with Crippen LogP contribution in [0, 0.1) is 0 Å². The third-order valence-corrected chi connectivity index (χ3v) is 4.40. The van der Waals surface area contributed by atoms with E-state index in [9.17, 15) is 20.4 Å². The molecule has 0 heterocycles. The standard InChI is InChI=1S/C20H28N2O4/c1-21(13-15-7-4-3-5-9-17(23)19(15)25)11-12-22(2)14-16-8-6-10-18(24)20(16)26/h3-4,6-8,10,23-26H,5,9,11-14H2,1-2H3/b4-3-,15-7-,19-17-. The number of para-hydroxylation sites is 1. The van der Waals surface area contributed by atoms with Crippen molar-refractivity contribution in [2.75, 3.05) is 33.7 Å². The van der Waals surface area contributed by atoms with E-state index in [1.807, 2.05) is 37.2 Å². The number of benzene rings is 1. The molecular weight excluding hydrogens is 332 g/mol. The van der Waals surface area contributed by atoms with E-state index in [1.165, 1.54) is 6.07 Å². The molecule has 0 spiro atoms. The minimum Gasteiger partial charge on any atom is -0.508 e. The summed E-state index contributed by atoms with van der Waals surface area (Å²) in [6, 6.07) is 4.95. The van der Waals surface area contributed by atoms with Crippen molar-refractivity contribution in [2.45, 2.75) is 19.4 Å². The lowest BCUT2D eigenvalue weighted by atomic mass is 10.1. The number of aliphatic hydroxyl groups is 2. The molecule has 0 bridgehead atoms. The largest absolute Gasteiger partial charge is 0.508 e. The third kappa shape index (κ3) is 5.54. The van der Waals surface area contributed by atoms with Crippen LogP contribution in [0.15, 0.2) is 53.5 Å². The van der Waals surface area contributed by atoms with Crippen molar-refractivity contribution in [1.29, 1.82) is 0 Å². The van der Waals surface area contributed by atoms with E-state index in [0.29, 0.717) is 37.1 Å². The molecule has 0 fully saturated rings. The minimum atomic E-state index is -0.112. The van der Waals surface area contributed by atoms with Gasteiger partial charge in [0.25, 0.3) is 0 Å². The highest BCUT2D eigenvalue weighted by Gasteiger charge is 2.14. The van der Waals surface area contributed by atoms with Crippen LogP contribution in [-0.2, 0) is 6.54 Å². The third-order valence-electron chi connectivity index (χ3n) is 4.40. The molecule has 0 saturated carbocycles. The topological polar surface area (TPSA) is 87.4 Å². The van der Waals surface area contributed by atoms with Gasteiger partial charge in [0.1, 0.15) is 5.76 Å². The number of hydrogen-bond donors (Lipinski definition) is 4. The molecular formula is C20H28N2O4. The fraction of sp³-hybridized carbons (Fsp3) is 0.400. The summed E-state index contributed by atoms with van der Waals surface area (Å²) in [4.78, 5) is 4.11. The number of likely N-dealkylation sites (N-methyl/N-ethyl adjacent to an activating group) is 2. The van der Waals surface area contributed by atoms with Crippen molar-refractivity contribution in [3.63, 3.8) is 0 Å². The summed E-state index contributed by atoms with van der Waals surface area (Å²) in [5, 5.41) is 39.5. The van der Waals surface area contributed by atoms with E-state index in [1.54, 1.807) is 12.1 Å². The molecule has 1 aromatic rings. The Labute approximate surface area is 154 Å². The summed E-state index contributed by atoms with van der Waals surface area (Å²) < 4.78 is 0. The number of aliphatic hydroxyl groups excluding tert-OH is 2. The molecule has 4 N–H and O–H groups in total. The average Bonchev–Trinajstić information content (AvgIpc) is 2.60. The van der Waals surface area contributed by atoms with E-state index in [2.05, 4.69) is 4.90 Å². The molecule has 142 valence electrons. The summed E-state index contributed by atoms with van der Waals surface area (Å²) in [6.07, 6.45) is 6.86. The van der Waals surface area contributed by atoms with Gasteiger partial charge in [0.05, 0.1) is 0 Å². The first-order valence-electron chi connectivity index (χ1n) is 8.72. The number of phenols is 2. The van der Waals surface area contributed by atoms with Crippen LogP contribution in [0.2, 0.25) is 0 Å². The van der Waals surface area contributed by atoms with Crippen LogP contribution >= 0.6 is 0 Å². The molecule has 0 amide bonds. The van der Waals surface area contributed by atoms with Crippen LogP contribution < -0.4 is 0 Å². The Morgan fingerprint density at radius 1 is 0.962 bits per heavy atom. The molecule has 0 saturated heterocycles. The second-order valence-electron chi connectivity index (χ2n) is 6.71. The second kappa shape index (κ2) is 9.31. The smallest absolute Gasteiger partial charge is 0.161 e. The molecule has 6 heteroatoms. The summed E-state index contributed by atoms with van der Waals surface area (Å²) in [7, 11) is 3.89. The van der Waals surface area contributed by atoms with E-state index < -0.39 is 0 Å². The molecule has 26 heavy (non-hydrogen) atoms. The maximum Gasteiger partial charge on any atom is 0.161 e. The van der Waals surface area contributed by atoms with E-state index in [-0.39, 0.29) is 23.0 Å². The predicted octanol–water partition coefficient (Wildman–Crippen LogP) is 3.07. The zero-order chi connectivity index (χ0) is 19.1. The van der Waals surface area contributed by atoms with Crippen LogP contribution in [0.25, 0.3) is 0 Å². The van der Waals surface area contributed by atoms with Gasteiger partial charge in [-0.15, -0.1) is 0 Å². The highest BCUT2D eigenvalue weighted by atomic mass is 16.3. The van der Waals surface area contributed by atoms with Gasteiger partial charge in [0, 0.05) is 43.7 Å². The molecule has 0 aliphatic heterocycles. The number of nitrogens with zero attached hydrogens (tertiary/aromatic N) is 2. The zero-order valence-corrected chi connectivity index (χ0v) is 15.4. The van der Waals surface area contributed by atoms with Gasteiger partial charge in [-0.3, -0.25) is 0 Å². The van der Waals surface area contributed by atoms with E-state index in [4.69, 9.17) is 0 Å². The Hall–Kier alpha value is -2.44. The van der Waals surface area contributed by atoms with Crippen LogP contribution in [-0.4, -0.2) is 64.0 Å². The van der Waals surface area contributed by atoms with Gasteiger partial charge in [-0.2, -0.15) is 0 Å². The van der Waals surface area contributed by atoms with E-state index in [0.717, 1.165) is 13.1 Å². The van der Waals surface area contributed by atoms with Gasteiger partial charge in [-0.25, -0.2) is 0 Å². The SMILES string of the molecule is CN(CCN(C)Cc1cccc(O)c1O)CC1=C/C=C\CC/C(O)=C\1O. The van der Waals surface area contributed by atoms with Crippen molar-refractivity contribution in [1.82, 2.24) is 9.80 Å². The van der Waals surface area contributed by atoms with Crippen molar-refractivity contribution >= 4 is 0 Å². The lowest BCUT2D eigenvalue weighted by molar-refractivity contribution is 0.253. The Bertz CT molecular complexity index is 710. The maximum absolute atomic E-state index is 10.2. The Morgan fingerprint density at radius 3 is 2.38 bits per heavy atom. The Morgan fingerprint density at radius 2 is 1.65 bits per heavy atom. The first-order chi connectivity index (χ1) is 12.4. The summed E-state index contributed by atoms with van der Waals surface area (Å²) in [6.45, 7) is 2.52. The number of allylic oxidation sites excluding steroid dienone is 4. The Balaban J connectivity index is 1.88. The van der Waals surface area contributed by atoms with Crippen molar-refractivity contribution < 1.29 is 20.4 Å². The fourth-order valence-electron chi connectivity index (χ4n) is 2.80. The minimum absolute atomic E-state index is 0.0285. The lowest BCUT2D eigenvalue weighted by Gasteiger charge is -2.23. The molecule has 1 aromatic carbocycles. The first-order valence-corrected chi connectivity index (χ1v) is 8.72. The zero-order valence-electron chi connectivity index (χ0n) is 15.4. The summed E-state index contributed by atoms with van der Waals surface area (Å²) in [5.74, 6) is -0.186. The molecule has 0 unspecified atom stereocenters. The molecule has 2 rings (SSSR count). The number of phenolic OH excluding ortho intramolecular Hbond substituents is 2. The maximum atomic E-state index is 10.2. The van der Waals surface area contributed by atoms with Crippen LogP contribution in [0.3, 0.4) is 0 Å². The van der Waals surface area contributed by atoms with Gasteiger partial charge in [0.15, 0.2) is 17.3 Å². The second-order valence-corrected chi connectivity index (χ2v) is 6.71. The molecule has 1 aliphatic rings. The molecule has 6 nitrogen and oxygen atoms in total. The average molecular weight is 360 g/mol. The van der Waals surface area contributed by atoms with Gasteiger partial charge in [0.2, 0.25) is 0 Å². The van der Waals surface area contributed by atoms with Crippen molar-refractivity contribution in [3.8, 4) is 11.5 Å². The van der Waals surface area contributed by atoms with E-state index >= 15 is 0 Å². The number of aromatic hydroxyl groups is 2. The monoisotopic (exact) mass is 360 g/mol. The van der Waals surface area contributed by atoms with Gasteiger partial charge in [-0.1, -0.05) is 30.4 Å². The predicted molar refractivity (Wildman–Crippen MR) is 102 cm³/mol.